The molecule has 6 heteroatoms. The van der Waals surface area contributed by atoms with Crippen molar-refractivity contribution in [2.45, 2.75) is 39.3 Å². The van der Waals surface area contributed by atoms with Gasteiger partial charge in [0.1, 0.15) is 23.5 Å². The largest absolute Gasteiger partial charge is 0.480 e. The van der Waals surface area contributed by atoms with Gasteiger partial charge in [0.25, 0.3) is 0 Å². The Bertz CT molecular complexity index is 404. The van der Waals surface area contributed by atoms with Crippen LogP contribution < -0.4 is 10.6 Å². The number of carboxylic acid groups (broad SMARTS) is 1. The zero-order chi connectivity index (χ0) is 13.1. The van der Waals surface area contributed by atoms with Crippen LogP contribution in [0.3, 0.4) is 0 Å². The average Bonchev–Trinajstić information content (AvgIpc) is 2.15. The molecule has 3 N–H and O–H groups in total. The number of hydrogen-bond acceptors (Lipinski definition) is 5. The molecule has 0 bridgehead atoms. The van der Waals surface area contributed by atoms with Gasteiger partial charge in [-0.15, -0.1) is 0 Å². The van der Waals surface area contributed by atoms with Crippen LogP contribution >= 0.6 is 0 Å². The third kappa shape index (κ3) is 3.90. The molecule has 0 saturated heterocycles. The molecular weight excluding hydrogens is 220 g/mol. The standard InChI is InChI=1S/C11H18N4O2/c1-7(2)14-8-5-9(13-6-12-8)15-11(3,4)10(16)17/h5-7H,1-4H3,(H,16,17)(H2,12,13,14,15). The summed E-state index contributed by atoms with van der Waals surface area (Å²) in [6, 6.07) is 1.94. The van der Waals surface area contributed by atoms with Crippen molar-refractivity contribution in [3.63, 3.8) is 0 Å². The molecule has 0 amide bonds. The Balaban J connectivity index is 2.82. The summed E-state index contributed by atoms with van der Waals surface area (Å²) >= 11 is 0. The second-order valence-electron chi connectivity index (χ2n) is 4.64. The highest BCUT2D eigenvalue weighted by Crippen LogP contribution is 2.15. The first-order chi connectivity index (χ1) is 7.81. The van der Waals surface area contributed by atoms with Gasteiger partial charge in [0.05, 0.1) is 0 Å². The number of hydrogen-bond donors (Lipinski definition) is 3. The van der Waals surface area contributed by atoms with E-state index in [0.717, 1.165) is 0 Å². The molecule has 94 valence electrons. The first-order valence-corrected chi connectivity index (χ1v) is 5.41. The van der Waals surface area contributed by atoms with Crippen LogP contribution in [-0.2, 0) is 4.79 Å². The minimum Gasteiger partial charge on any atom is -0.480 e. The molecule has 1 rings (SSSR count). The van der Waals surface area contributed by atoms with Crippen molar-refractivity contribution in [1.82, 2.24) is 9.97 Å². The Kier molecular flexibility index (Phi) is 3.88. The second-order valence-corrected chi connectivity index (χ2v) is 4.64. The smallest absolute Gasteiger partial charge is 0.328 e. The predicted octanol–water partition coefficient (Wildman–Crippen LogP) is 1.57. The summed E-state index contributed by atoms with van der Waals surface area (Å²) in [4.78, 5) is 19.0. The van der Waals surface area contributed by atoms with Crippen LogP contribution in [0.25, 0.3) is 0 Å². The number of nitrogens with one attached hydrogen (secondary N) is 2. The summed E-state index contributed by atoms with van der Waals surface area (Å²) in [5.74, 6) is 0.212. The predicted molar refractivity (Wildman–Crippen MR) is 66.1 cm³/mol. The van der Waals surface area contributed by atoms with E-state index in [0.29, 0.717) is 11.6 Å². The summed E-state index contributed by atoms with van der Waals surface area (Å²) in [5.41, 5.74) is -1.07. The third-order valence-electron chi connectivity index (χ3n) is 2.08. The highest BCUT2D eigenvalue weighted by molar-refractivity contribution is 5.81. The van der Waals surface area contributed by atoms with Crippen LogP contribution in [0.5, 0.6) is 0 Å². The van der Waals surface area contributed by atoms with Crippen LogP contribution in [0.4, 0.5) is 11.6 Å². The second kappa shape index (κ2) is 4.99. The molecule has 0 aliphatic carbocycles. The van der Waals surface area contributed by atoms with Gasteiger partial charge in [-0.3, -0.25) is 0 Å². The van der Waals surface area contributed by atoms with E-state index in [4.69, 9.17) is 5.11 Å². The molecule has 0 radical (unpaired) electrons. The van der Waals surface area contributed by atoms with Gasteiger partial charge in [-0.05, 0) is 27.7 Å². The highest BCUT2D eigenvalue weighted by atomic mass is 16.4. The monoisotopic (exact) mass is 238 g/mol. The molecule has 6 nitrogen and oxygen atoms in total. The fourth-order valence-electron chi connectivity index (χ4n) is 1.17. The molecule has 1 aromatic rings. The van der Waals surface area contributed by atoms with Gasteiger partial charge in [0.15, 0.2) is 0 Å². The molecule has 0 aromatic carbocycles. The Morgan fingerprint density at radius 3 is 2.47 bits per heavy atom. The van der Waals surface area contributed by atoms with Crippen LogP contribution in [0.15, 0.2) is 12.4 Å². The normalized spacial score (nSPS) is 11.4. The molecule has 0 spiro atoms. The summed E-state index contributed by atoms with van der Waals surface area (Å²) in [6.07, 6.45) is 1.39. The van der Waals surface area contributed by atoms with Gasteiger partial charge in [-0.2, -0.15) is 0 Å². The molecule has 0 saturated carbocycles. The fourth-order valence-corrected chi connectivity index (χ4v) is 1.17. The molecule has 17 heavy (non-hydrogen) atoms. The van der Waals surface area contributed by atoms with Gasteiger partial charge in [0, 0.05) is 12.1 Å². The Hall–Kier alpha value is -1.85. The first-order valence-electron chi connectivity index (χ1n) is 5.41. The fraction of sp³-hybridized carbons (Fsp3) is 0.545. The zero-order valence-electron chi connectivity index (χ0n) is 10.5. The average molecular weight is 238 g/mol. The highest BCUT2D eigenvalue weighted by Gasteiger charge is 2.27. The van der Waals surface area contributed by atoms with Crippen molar-refractivity contribution in [2.24, 2.45) is 0 Å². The quantitative estimate of drug-likeness (QED) is 0.721. The maximum atomic E-state index is 11.0. The molecule has 1 aromatic heterocycles. The maximum Gasteiger partial charge on any atom is 0.328 e. The van der Waals surface area contributed by atoms with E-state index in [1.165, 1.54) is 6.33 Å². The molecule has 0 unspecified atom stereocenters. The Labute approximate surface area is 100 Å². The van der Waals surface area contributed by atoms with E-state index in [9.17, 15) is 4.79 Å². The van der Waals surface area contributed by atoms with Gasteiger partial charge < -0.3 is 15.7 Å². The number of aliphatic carboxylic acids is 1. The number of carboxylic acids is 1. The van der Waals surface area contributed by atoms with Gasteiger partial charge in [-0.25, -0.2) is 14.8 Å². The molecule has 0 aliphatic rings. The minimum atomic E-state index is -1.07. The molecular formula is C11H18N4O2. The van der Waals surface area contributed by atoms with Crippen LogP contribution in [0.1, 0.15) is 27.7 Å². The van der Waals surface area contributed by atoms with Crippen molar-refractivity contribution in [3.8, 4) is 0 Å². The van der Waals surface area contributed by atoms with Crippen LogP contribution in [0.2, 0.25) is 0 Å². The van der Waals surface area contributed by atoms with E-state index in [1.54, 1.807) is 19.9 Å². The van der Waals surface area contributed by atoms with E-state index in [1.807, 2.05) is 13.8 Å². The zero-order valence-corrected chi connectivity index (χ0v) is 10.5. The van der Waals surface area contributed by atoms with E-state index in [2.05, 4.69) is 20.6 Å². The maximum absolute atomic E-state index is 11.0. The minimum absolute atomic E-state index is 0.255. The summed E-state index contributed by atoms with van der Waals surface area (Å²) in [5, 5.41) is 15.0. The van der Waals surface area contributed by atoms with E-state index < -0.39 is 11.5 Å². The number of carbonyl (C=O) groups is 1. The lowest BCUT2D eigenvalue weighted by Gasteiger charge is -2.21. The SMILES string of the molecule is CC(C)Nc1cc(NC(C)(C)C(=O)O)ncn1. The van der Waals surface area contributed by atoms with Crippen LogP contribution in [-0.4, -0.2) is 32.6 Å². The molecule has 0 atom stereocenters. The van der Waals surface area contributed by atoms with Crippen molar-refractivity contribution in [2.75, 3.05) is 10.6 Å². The number of aromatic nitrogens is 2. The Morgan fingerprint density at radius 2 is 1.94 bits per heavy atom. The molecule has 1 heterocycles. The van der Waals surface area contributed by atoms with Crippen molar-refractivity contribution in [3.05, 3.63) is 12.4 Å². The topological polar surface area (TPSA) is 87.1 Å². The molecule has 0 aliphatic heterocycles. The van der Waals surface area contributed by atoms with Gasteiger partial charge in [0.2, 0.25) is 0 Å². The summed E-state index contributed by atoms with van der Waals surface area (Å²) in [7, 11) is 0. The number of anilines is 2. The van der Waals surface area contributed by atoms with E-state index >= 15 is 0 Å². The van der Waals surface area contributed by atoms with Crippen LogP contribution in [0, 0.1) is 0 Å². The van der Waals surface area contributed by atoms with Crippen molar-refractivity contribution >= 4 is 17.6 Å². The third-order valence-corrected chi connectivity index (χ3v) is 2.08. The molecule has 0 fully saturated rings. The summed E-state index contributed by atoms with van der Waals surface area (Å²) < 4.78 is 0. The van der Waals surface area contributed by atoms with Crippen molar-refractivity contribution < 1.29 is 9.90 Å². The van der Waals surface area contributed by atoms with Gasteiger partial charge >= 0.3 is 5.97 Å². The first kappa shape index (κ1) is 13.2. The van der Waals surface area contributed by atoms with Crippen molar-refractivity contribution in [1.29, 1.82) is 0 Å². The lowest BCUT2D eigenvalue weighted by atomic mass is 10.1. The van der Waals surface area contributed by atoms with E-state index in [-0.39, 0.29) is 6.04 Å². The van der Waals surface area contributed by atoms with Gasteiger partial charge in [-0.1, -0.05) is 0 Å². The summed E-state index contributed by atoms with van der Waals surface area (Å²) in [6.45, 7) is 7.15. The lowest BCUT2D eigenvalue weighted by Crippen LogP contribution is -2.40. The number of rotatable bonds is 5. The Morgan fingerprint density at radius 1 is 1.35 bits per heavy atom. The number of nitrogens with zero attached hydrogens (tertiary/aromatic N) is 2. The lowest BCUT2D eigenvalue weighted by molar-refractivity contribution is -0.141.